The lowest BCUT2D eigenvalue weighted by Crippen LogP contribution is -2.51. The number of fused-ring (bicyclic) bond motifs is 1. The molecule has 9 nitrogen and oxygen atoms in total. The minimum Gasteiger partial charge on any atom is -0.406 e. The summed E-state index contributed by atoms with van der Waals surface area (Å²) in [6, 6.07) is 5.78. The number of alkyl halides is 3. The van der Waals surface area contributed by atoms with E-state index in [1.807, 2.05) is 4.90 Å². The Balaban J connectivity index is 1.28. The lowest BCUT2D eigenvalue weighted by molar-refractivity contribution is -0.274. The Bertz CT molecular complexity index is 1140. The highest BCUT2D eigenvalue weighted by Gasteiger charge is 2.35. The summed E-state index contributed by atoms with van der Waals surface area (Å²) >= 11 is 0. The van der Waals surface area contributed by atoms with Gasteiger partial charge in [0.1, 0.15) is 17.9 Å². The zero-order valence-corrected chi connectivity index (χ0v) is 21.9. The molecule has 2 aromatic rings. The number of rotatable bonds is 7. The third-order valence-corrected chi connectivity index (χ3v) is 7.82. The van der Waals surface area contributed by atoms with Crippen molar-refractivity contribution >= 4 is 11.7 Å². The highest BCUT2D eigenvalue weighted by Crippen LogP contribution is 2.42. The molecular formula is C27H34F3N5O4. The zero-order chi connectivity index (χ0) is 27.6. The number of nitrogens with one attached hydrogen (secondary N) is 1. The van der Waals surface area contributed by atoms with Crippen LogP contribution in [0.15, 0.2) is 30.6 Å². The largest absolute Gasteiger partial charge is 0.573 e. The van der Waals surface area contributed by atoms with Gasteiger partial charge in [-0.05, 0) is 42.9 Å². The zero-order valence-electron chi connectivity index (χ0n) is 21.9. The van der Waals surface area contributed by atoms with Gasteiger partial charge in [0, 0.05) is 57.5 Å². The molecule has 1 amide bonds. The molecule has 0 bridgehead atoms. The van der Waals surface area contributed by atoms with Gasteiger partial charge < -0.3 is 29.7 Å². The molecule has 0 saturated carbocycles. The van der Waals surface area contributed by atoms with E-state index in [-0.39, 0.29) is 23.6 Å². The maximum absolute atomic E-state index is 13.8. The number of ether oxygens (including phenoxy) is 2. The van der Waals surface area contributed by atoms with Crippen LogP contribution in [-0.2, 0) is 9.53 Å². The summed E-state index contributed by atoms with van der Waals surface area (Å²) in [5.41, 5.74) is 2.29. The highest BCUT2D eigenvalue weighted by molar-refractivity contribution is 5.84. The lowest BCUT2D eigenvalue weighted by atomic mass is 9.95. The second kappa shape index (κ2) is 11.6. The van der Waals surface area contributed by atoms with Crippen LogP contribution in [0.3, 0.4) is 0 Å². The Morgan fingerprint density at radius 2 is 1.85 bits per heavy atom. The van der Waals surface area contributed by atoms with Crippen LogP contribution in [0.5, 0.6) is 5.75 Å². The van der Waals surface area contributed by atoms with Crippen LogP contribution in [-0.4, -0.2) is 84.2 Å². The number of hydrogen-bond acceptors (Lipinski definition) is 8. The van der Waals surface area contributed by atoms with E-state index >= 15 is 0 Å². The fourth-order valence-corrected chi connectivity index (χ4v) is 5.75. The molecule has 0 spiro atoms. The monoisotopic (exact) mass is 549 g/mol. The maximum atomic E-state index is 13.8. The van der Waals surface area contributed by atoms with E-state index < -0.39 is 18.4 Å². The first kappa shape index (κ1) is 27.6. The van der Waals surface area contributed by atoms with Gasteiger partial charge in [0.05, 0.1) is 17.7 Å². The number of aliphatic hydroxyl groups excluding tert-OH is 1. The number of anilines is 1. The molecular weight excluding hydrogens is 515 g/mol. The summed E-state index contributed by atoms with van der Waals surface area (Å²) in [5, 5.41) is 13.8. The Morgan fingerprint density at radius 3 is 2.51 bits per heavy atom. The van der Waals surface area contributed by atoms with Crippen LogP contribution in [0.25, 0.3) is 0 Å². The van der Waals surface area contributed by atoms with Gasteiger partial charge in [-0.2, -0.15) is 0 Å². The Hall–Kier alpha value is -2.96. The quantitative estimate of drug-likeness (QED) is 0.544. The fraction of sp³-hybridized carbons (Fsp3) is 0.593. The summed E-state index contributed by atoms with van der Waals surface area (Å²) in [7, 11) is 0. The van der Waals surface area contributed by atoms with E-state index in [4.69, 9.17) is 4.74 Å². The Labute approximate surface area is 225 Å². The van der Waals surface area contributed by atoms with Gasteiger partial charge in [-0.25, -0.2) is 9.97 Å². The van der Waals surface area contributed by atoms with Crippen molar-refractivity contribution in [2.75, 3.05) is 50.8 Å². The molecule has 2 aliphatic heterocycles. The van der Waals surface area contributed by atoms with Crippen LogP contribution in [0.1, 0.15) is 60.9 Å². The Morgan fingerprint density at radius 1 is 1.15 bits per heavy atom. The molecule has 0 radical (unpaired) electrons. The van der Waals surface area contributed by atoms with Gasteiger partial charge in [0.15, 0.2) is 0 Å². The maximum Gasteiger partial charge on any atom is 0.573 e. The van der Waals surface area contributed by atoms with Gasteiger partial charge in [0.2, 0.25) is 5.91 Å². The molecule has 2 saturated heterocycles. The predicted octanol–water partition coefficient (Wildman–Crippen LogP) is 3.12. The number of amides is 1. The second-order valence-electron chi connectivity index (χ2n) is 10.4. The molecule has 1 aliphatic carbocycles. The van der Waals surface area contributed by atoms with Crippen molar-refractivity contribution in [1.82, 2.24) is 20.2 Å². The van der Waals surface area contributed by atoms with E-state index in [1.165, 1.54) is 30.6 Å². The normalized spacial score (nSPS) is 23.0. The highest BCUT2D eigenvalue weighted by atomic mass is 19.4. The number of nitrogens with zero attached hydrogens (tertiary/aromatic N) is 4. The molecule has 5 rings (SSSR count). The van der Waals surface area contributed by atoms with E-state index in [9.17, 15) is 23.1 Å². The minimum absolute atomic E-state index is 0.0737. The number of hydrogen-bond donors (Lipinski definition) is 2. The third kappa shape index (κ3) is 6.44. The summed E-state index contributed by atoms with van der Waals surface area (Å²) in [4.78, 5) is 26.5. The average Bonchev–Trinajstić information content (AvgIpc) is 3.22. The van der Waals surface area contributed by atoms with E-state index in [2.05, 4.69) is 31.8 Å². The SMILES string of the molecule is C[C@@H]1C[C@@H](O)c2ncnc(N3CCN(C(=O)[C@H](CNC4CCOCC4)c4ccc(OC(F)(F)F)cc4)CC3)c21. The van der Waals surface area contributed by atoms with Crippen LogP contribution in [0.4, 0.5) is 19.0 Å². The van der Waals surface area contributed by atoms with Gasteiger partial charge in [0.25, 0.3) is 0 Å². The van der Waals surface area contributed by atoms with Gasteiger partial charge in [-0.3, -0.25) is 4.79 Å². The van der Waals surface area contributed by atoms with E-state index in [0.29, 0.717) is 63.6 Å². The van der Waals surface area contributed by atoms with Crippen LogP contribution >= 0.6 is 0 Å². The van der Waals surface area contributed by atoms with Crippen molar-refractivity contribution in [3.63, 3.8) is 0 Å². The number of aliphatic hydroxyl groups is 1. The van der Waals surface area contributed by atoms with Gasteiger partial charge in [-0.15, -0.1) is 13.2 Å². The van der Waals surface area contributed by atoms with Gasteiger partial charge >= 0.3 is 6.36 Å². The number of halogens is 3. The summed E-state index contributed by atoms with van der Waals surface area (Å²) < 4.78 is 47.4. The molecule has 12 heteroatoms. The molecule has 39 heavy (non-hydrogen) atoms. The van der Waals surface area contributed by atoms with Crippen molar-refractivity contribution in [3.8, 4) is 5.75 Å². The third-order valence-electron chi connectivity index (χ3n) is 7.82. The van der Waals surface area contributed by atoms with Crippen LogP contribution in [0.2, 0.25) is 0 Å². The summed E-state index contributed by atoms with van der Waals surface area (Å²) in [6.45, 7) is 5.87. The molecule has 2 fully saturated rings. The van der Waals surface area contributed by atoms with Crippen molar-refractivity contribution in [1.29, 1.82) is 0 Å². The van der Waals surface area contributed by atoms with Gasteiger partial charge in [-0.1, -0.05) is 19.1 Å². The number of aromatic nitrogens is 2. The second-order valence-corrected chi connectivity index (χ2v) is 10.4. The van der Waals surface area contributed by atoms with Crippen molar-refractivity contribution in [3.05, 3.63) is 47.4 Å². The molecule has 212 valence electrons. The predicted molar refractivity (Wildman–Crippen MR) is 137 cm³/mol. The average molecular weight is 550 g/mol. The molecule has 2 N–H and O–H groups in total. The first-order chi connectivity index (χ1) is 18.7. The summed E-state index contributed by atoms with van der Waals surface area (Å²) in [6.07, 6.45) is -1.58. The van der Waals surface area contributed by atoms with Crippen LogP contribution in [0, 0.1) is 0 Å². The smallest absolute Gasteiger partial charge is 0.406 e. The summed E-state index contributed by atoms with van der Waals surface area (Å²) in [5.74, 6) is 0.0123. The first-order valence-electron chi connectivity index (χ1n) is 13.4. The first-order valence-corrected chi connectivity index (χ1v) is 13.4. The molecule has 3 atom stereocenters. The van der Waals surface area contributed by atoms with Crippen molar-refractivity contribution in [2.45, 2.75) is 56.5 Å². The lowest BCUT2D eigenvalue weighted by Gasteiger charge is -2.38. The molecule has 1 aromatic carbocycles. The Kier molecular flexibility index (Phi) is 8.24. The molecule has 1 aromatic heterocycles. The molecule has 3 aliphatic rings. The van der Waals surface area contributed by atoms with Crippen molar-refractivity contribution < 1.29 is 32.5 Å². The van der Waals surface area contributed by atoms with E-state index in [0.717, 1.165) is 24.2 Å². The number of carbonyl (C=O) groups is 1. The number of carbonyl (C=O) groups excluding carboxylic acids is 1. The number of piperazine rings is 1. The fourth-order valence-electron chi connectivity index (χ4n) is 5.75. The minimum atomic E-state index is -4.78. The topological polar surface area (TPSA) is 100 Å². The van der Waals surface area contributed by atoms with E-state index in [1.54, 1.807) is 0 Å². The standard InChI is InChI=1S/C27H34F3N5O4/c1-17-14-22(36)24-23(17)25(33-16-32-24)34-8-10-35(11-9-34)26(37)21(15-31-19-6-12-38-13-7-19)18-2-4-20(5-3-18)39-27(28,29)30/h2-5,16-17,19,21-22,31,36H,6-15H2,1H3/t17-,21-,22-/m1/s1. The molecule has 3 heterocycles. The van der Waals surface area contributed by atoms with Crippen LogP contribution < -0.4 is 15.0 Å². The molecule has 0 unspecified atom stereocenters. The van der Waals surface area contributed by atoms with Crippen molar-refractivity contribution in [2.24, 2.45) is 0 Å². The number of benzene rings is 1.